The summed E-state index contributed by atoms with van der Waals surface area (Å²) >= 11 is 0. The van der Waals surface area contributed by atoms with E-state index >= 15 is 0 Å². The molecule has 0 saturated carbocycles. The highest BCUT2D eigenvalue weighted by Crippen LogP contribution is 2.26. The Labute approximate surface area is 192 Å². The van der Waals surface area contributed by atoms with Crippen LogP contribution in [0.1, 0.15) is 34.2 Å². The van der Waals surface area contributed by atoms with Crippen molar-refractivity contribution in [2.75, 3.05) is 19.0 Å². The fourth-order valence-electron chi connectivity index (χ4n) is 3.56. The topological polar surface area (TPSA) is 93.4 Å². The van der Waals surface area contributed by atoms with E-state index in [1.165, 1.54) is 7.11 Å². The number of rotatable bonds is 7. The number of esters is 1. The molecule has 0 spiro atoms. The first kappa shape index (κ1) is 23.4. The van der Waals surface area contributed by atoms with Crippen molar-refractivity contribution in [3.63, 3.8) is 0 Å². The van der Waals surface area contributed by atoms with Gasteiger partial charge in [-0.1, -0.05) is 12.1 Å². The van der Waals surface area contributed by atoms with Gasteiger partial charge in [0.25, 0.3) is 5.91 Å². The Bertz CT molecular complexity index is 1250. The SMILES string of the molecule is CCOc1ccc(NC(=O)/C(C#N)=C\c2cc(C)n(-c3ccccc3C(=O)OC)c2C)cc1. The number of hydrogen-bond acceptors (Lipinski definition) is 5. The smallest absolute Gasteiger partial charge is 0.339 e. The lowest BCUT2D eigenvalue weighted by molar-refractivity contribution is -0.112. The zero-order valence-electron chi connectivity index (χ0n) is 19.0. The predicted molar refractivity (Wildman–Crippen MR) is 126 cm³/mol. The second kappa shape index (κ2) is 10.3. The Morgan fingerprint density at radius 3 is 2.45 bits per heavy atom. The Morgan fingerprint density at radius 1 is 1.12 bits per heavy atom. The molecule has 0 radical (unpaired) electrons. The van der Waals surface area contributed by atoms with Crippen LogP contribution in [0.25, 0.3) is 11.8 Å². The average molecular weight is 444 g/mol. The quantitative estimate of drug-likeness (QED) is 0.321. The molecule has 0 saturated heterocycles. The molecule has 0 bridgehead atoms. The average Bonchev–Trinajstić information content (AvgIpc) is 3.10. The standard InChI is InChI=1S/C26H25N3O4/c1-5-33-22-12-10-21(11-13-22)28-25(30)20(16-27)15-19-14-17(2)29(18(19)3)24-9-7-6-8-23(24)26(31)32-4/h6-15H,5H2,1-4H3,(H,28,30)/b20-15-. The largest absolute Gasteiger partial charge is 0.494 e. The van der Waals surface area contributed by atoms with Gasteiger partial charge in [-0.25, -0.2) is 4.79 Å². The van der Waals surface area contributed by atoms with Crippen molar-refractivity contribution >= 4 is 23.6 Å². The first-order valence-electron chi connectivity index (χ1n) is 10.4. The number of ether oxygens (including phenoxy) is 2. The molecule has 2 aromatic carbocycles. The number of nitriles is 1. The van der Waals surface area contributed by atoms with Crippen LogP contribution in [0.3, 0.4) is 0 Å². The van der Waals surface area contributed by atoms with Gasteiger partial charge in [0, 0.05) is 17.1 Å². The van der Waals surface area contributed by atoms with Gasteiger partial charge in [0.2, 0.25) is 0 Å². The minimum Gasteiger partial charge on any atom is -0.494 e. The first-order valence-corrected chi connectivity index (χ1v) is 10.4. The number of methoxy groups -OCH3 is 1. The van der Waals surface area contributed by atoms with E-state index in [9.17, 15) is 14.9 Å². The Balaban J connectivity index is 1.92. The van der Waals surface area contributed by atoms with E-state index in [1.54, 1.807) is 42.5 Å². The third kappa shape index (κ3) is 5.13. The van der Waals surface area contributed by atoms with Crippen molar-refractivity contribution in [1.29, 1.82) is 5.26 Å². The number of anilines is 1. The number of benzene rings is 2. The number of aromatic nitrogens is 1. The number of carbonyl (C=O) groups is 2. The molecule has 7 heteroatoms. The van der Waals surface area contributed by atoms with E-state index in [0.717, 1.165) is 11.4 Å². The summed E-state index contributed by atoms with van der Waals surface area (Å²) < 4.78 is 12.2. The Morgan fingerprint density at radius 2 is 1.82 bits per heavy atom. The molecule has 0 fully saturated rings. The molecule has 0 aliphatic rings. The van der Waals surface area contributed by atoms with Crippen LogP contribution >= 0.6 is 0 Å². The highest BCUT2D eigenvalue weighted by molar-refractivity contribution is 6.09. The lowest BCUT2D eigenvalue weighted by Gasteiger charge is -2.13. The highest BCUT2D eigenvalue weighted by atomic mass is 16.5. The second-order valence-corrected chi connectivity index (χ2v) is 7.25. The number of nitrogens with zero attached hydrogens (tertiary/aromatic N) is 2. The molecular weight excluding hydrogens is 418 g/mol. The molecule has 1 N–H and O–H groups in total. The van der Waals surface area contributed by atoms with Gasteiger partial charge in [0.05, 0.1) is 25.0 Å². The van der Waals surface area contributed by atoms with Crippen LogP contribution in [0.4, 0.5) is 5.69 Å². The van der Waals surface area contributed by atoms with E-state index in [0.29, 0.717) is 34.9 Å². The first-order chi connectivity index (χ1) is 15.9. The Kier molecular flexibility index (Phi) is 7.31. The molecule has 0 aliphatic heterocycles. The molecule has 1 aromatic heterocycles. The number of carbonyl (C=O) groups excluding carboxylic acids is 2. The summed E-state index contributed by atoms with van der Waals surface area (Å²) in [5.74, 6) is -0.254. The van der Waals surface area contributed by atoms with Crippen molar-refractivity contribution in [2.24, 2.45) is 0 Å². The van der Waals surface area contributed by atoms with Crippen molar-refractivity contribution in [2.45, 2.75) is 20.8 Å². The zero-order chi connectivity index (χ0) is 24.0. The molecular formula is C26H25N3O4. The molecule has 1 amide bonds. The predicted octanol–water partition coefficient (Wildman–Crippen LogP) is 4.83. The molecule has 33 heavy (non-hydrogen) atoms. The summed E-state index contributed by atoms with van der Waals surface area (Å²) in [4.78, 5) is 24.9. The van der Waals surface area contributed by atoms with E-state index in [2.05, 4.69) is 5.32 Å². The summed E-state index contributed by atoms with van der Waals surface area (Å²) in [6, 6.07) is 17.9. The lowest BCUT2D eigenvalue weighted by Crippen LogP contribution is -2.13. The van der Waals surface area contributed by atoms with Crippen LogP contribution in [0.5, 0.6) is 5.75 Å². The van der Waals surface area contributed by atoms with Gasteiger partial charge >= 0.3 is 5.97 Å². The van der Waals surface area contributed by atoms with Gasteiger partial charge in [-0.3, -0.25) is 4.79 Å². The van der Waals surface area contributed by atoms with Gasteiger partial charge in [-0.2, -0.15) is 5.26 Å². The second-order valence-electron chi connectivity index (χ2n) is 7.25. The summed E-state index contributed by atoms with van der Waals surface area (Å²) in [5, 5.41) is 12.3. The summed E-state index contributed by atoms with van der Waals surface area (Å²) in [5.41, 5.74) is 3.94. The number of nitrogens with one attached hydrogen (secondary N) is 1. The van der Waals surface area contributed by atoms with Crippen molar-refractivity contribution < 1.29 is 19.1 Å². The van der Waals surface area contributed by atoms with Gasteiger partial charge in [-0.05, 0) is 74.9 Å². The van der Waals surface area contributed by atoms with Gasteiger partial charge in [0.15, 0.2) is 0 Å². The minimum absolute atomic E-state index is 0.0367. The van der Waals surface area contributed by atoms with Gasteiger partial charge in [0.1, 0.15) is 17.4 Å². The molecule has 168 valence electrons. The summed E-state index contributed by atoms with van der Waals surface area (Å²) in [6.45, 7) is 6.21. The third-order valence-electron chi connectivity index (χ3n) is 5.11. The lowest BCUT2D eigenvalue weighted by atomic mass is 10.1. The molecule has 3 rings (SSSR count). The Hall–Kier alpha value is -4.31. The van der Waals surface area contributed by atoms with E-state index in [-0.39, 0.29) is 5.57 Å². The maximum atomic E-state index is 12.7. The molecule has 0 unspecified atom stereocenters. The van der Waals surface area contributed by atoms with Crippen LogP contribution in [0, 0.1) is 25.2 Å². The van der Waals surface area contributed by atoms with Crippen molar-refractivity contribution in [3.05, 3.63) is 82.7 Å². The zero-order valence-corrected chi connectivity index (χ0v) is 19.0. The summed E-state index contributed by atoms with van der Waals surface area (Å²) in [7, 11) is 1.34. The highest BCUT2D eigenvalue weighted by Gasteiger charge is 2.18. The normalized spacial score (nSPS) is 10.9. The van der Waals surface area contributed by atoms with Crippen LogP contribution < -0.4 is 10.1 Å². The van der Waals surface area contributed by atoms with E-state index < -0.39 is 11.9 Å². The molecule has 7 nitrogen and oxygen atoms in total. The monoisotopic (exact) mass is 443 g/mol. The maximum Gasteiger partial charge on any atom is 0.339 e. The van der Waals surface area contributed by atoms with Crippen molar-refractivity contribution in [1.82, 2.24) is 4.57 Å². The van der Waals surface area contributed by atoms with Crippen molar-refractivity contribution in [3.8, 4) is 17.5 Å². The molecule has 0 aliphatic carbocycles. The van der Waals surface area contributed by atoms with Crippen LogP contribution in [-0.2, 0) is 9.53 Å². The van der Waals surface area contributed by atoms with Crippen LogP contribution in [-0.4, -0.2) is 30.2 Å². The van der Waals surface area contributed by atoms with E-state index in [1.807, 2.05) is 49.6 Å². The third-order valence-corrected chi connectivity index (χ3v) is 5.11. The number of para-hydroxylation sites is 1. The number of aryl methyl sites for hydroxylation is 1. The fourth-order valence-corrected chi connectivity index (χ4v) is 3.56. The maximum absolute atomic E-state index is 12.7. The van der Waals surface area contributed by atoms with Crippen LogP contribution in [0.2, 0.25) is 0 Å². The molecule has 1 heterocycles. The minimum atomic E-state index is -0.513. The molecule has 3 aromatic rings. The number of amides is 1. The molecule has 0 atom stereocenters. The summed E-state index contributed by atoms with van der Waals surface area (Å²) in [6.07, 6.45) is 1.55. The number of hydrogen-bond donors (Lipinski definition) is 1. The van der Waals surface area contributed by atoms with E-state index in [4.69, 9.17) is 9.47 Å². The van der Waals surface area contributed by atoms with Crippen LogP contribution in [0.15, 0.2) is 60.2 Å². The fraction of sp³-hybridized carbons (Fsp3) is 0.192. The van der Waals surface area contributed by atoms with Gasteiger partial charge < -0.3 is 19.4 Å². The van der Waals surface area contributed by atoms with Gasteiger partial charge in [-0.15, -0.1) is 0 Å².